The van der Waals surface area contributed by atoms with E-state index < -0.39 is 0 Å². The Balaban J connectivity index is 1.81. The summed E-state index contributed by atoms with van der Waals surface area (Å²) < 4.78 is 1.43. The molecule has 0 unspecified atom stereocenters. The Labute approximate surface area is 149 Å². The molecular formula is C17H20N4O3S. The van der Waals surface area contributed by atoms with Gasteiger partial charge >= 0.3 is 0 Å². The molecule has 0 bridgehead atoms. The Morgan fingerprint density at radius 2 is 2.12 bits per heavy atom. The van der Waals surface area contributed by atoms with Crippen molar-refractivity contribution in [3.8, 4) is 0 Å². The molecular weight excluding hydrogens is 340 g/mol. The number of hydrogen-bond acceptors (Lipinski definition) is 5. The number of thiophene rings is 1. The lowest BCUT2D eigenvalue weighted by molar-refractivity contribution is -0.116. The Bertz CT molecular complexity index is 837. The van der Waals surface area contributed by atoms with Crippen molar-refractivity contribution in [3.05, 3.63) is 33.5 Å². The number of amides is 2. The summed E-state index contributed by atoms with van der Waals surface area (Å²) in [6.07, 6.45) is 6.23. The van der Waals surface area contributed by atoms with Gasteiger partial charge in [-0.05, 0) is 38.2 Å². The fourth-order valence-corrected chi connectivity index (χ4v) is 4.37. The smallest absolute Gasteiger partial charge is 0.254 e. The third-order valence-electron chi connectivity index (χ3n) is 4.30. The summed E-state index contributed by atoms with van der Waals surface area (Å²) in [5.41, 5.74) is 2.69. The third-order valence-corrected chi connectivity index (χ3v) is 5.50. The van der Waals surface area contributed by atoms with Gasteiger partial charge in [0, 0.05) is 18.1 Å². The normalized spacial score (nSPS) is 13.2. The predicted octanol–water partition coefficient (Wildman–Crippen LogP) is 1.94. The van der Waals surface area contributed by atoms with E-state index in [0.717, 1.165) is 31.2 Å². The van der Waals surface area contributed by atoms with Crippen LogP contribution < -0.4 is 10.6 Å². The second kappa shape index (κ2) is 7.18. The van der Waals surface area contributed by atoms with Crippen LogP contribution >= 0.6 is 11.3 Å². The molecule has 0 aliphatic heterocycles. The zero-order valence-corrected chi connectivity index (χ0v) is 15.0. The number of hydrogen-bond donors (Lipinski definition) is 2. The lowest BCUT2D eigenvalue weighted by Crippen LogP contribution is -2.23. The Morgan fingerprint density at radius 1 is 1.36 bits per heavy atom. The van der Waals surface area contributed by atoms with E-state index in [1.165, 1.54) is 20.9 Å². The standard InChI is InChI=1S/C17H20N4O3S/c1-10-11(9-22)7-21(20-10)8-14(23)19-17-15(16(24)18-2)12-5-3-4-6-13(12)25-17/h7,9H,3-6,8H2,1-2H3,(H,18,24)(H,19,23). The molecule has 0 radical (unpaired) electrons. The number of aromatic nitrogens is 2. The molecule has 3 rings (SSSR count). The molecule has 1 aliphatic rings. The van der Waals surface area contributed by atoms with Gasteiger partial charge in [0.2, 0.25) is 5.91 Å². The van der Waals surface area contributed by atoms with Crippen LogP contribution in [0.4, 0.5) is 5.00 Å². The van der Waals surface area contributed by atoms with Crippen LogP contribution in [-0.4, -0.2) is 34.9 Å². The van der Waals surface area contributed by atoms with Gasteiger partial charge in [0.05, 0.1) is 16.8 Å². The molecule has 2 heterocycles. The minimum atomic E-state index is -0.274. The highest BCUT2D eigenvalue weighted by molar-refractivity contribution is 7.17. The van der Waals surface area contributed by atoms with E-state index in [1.54, 1.807) is 20.2 Å². The molecule has 2 N–H and O–H groups in total. The molecule has 0 atom stereocenters. The molecule has 1 aliphatic carbocycles. The molecule has 7 nitrogen and oxygen atoms in total. The van der Waals surface area contributed by atoms with Crippen LogP contribution in [0, 0.1) is 6.92 Å². The lowest BCUT2D eigenvalue weighted by atomic mass is 9.95. The lowest BCUT2D eigenvalue weighted by Gasteiger charge is -2.12. The van der Waals surface area contributed by atoms with Gasteiger partial charge < -0.3 is 10.6 Å². The largest absolute Gasteiger partial charge is 0.355 e. The minimum Gasteiger partial charge on any atom is -0.355 e. The van der Waals surface area contributed by atoms with Gasteiger partial charge in [0.25, 0.3) is 5.91 Å². The zero-order valence-electron chi connectivity index (χ0n) is 14.2. The van der Waals surface area contributed by atoms with Gasteiger partial charge in [-0.1, -0.05) is 0 Å². The number of nitrogens with zero attached hydrogens (tertiary/aromatic N) is 2. The Hall–Kier alpha value is -2.48. The van der Waals surface area contributed by atoms with Gasteiger partial charge in [-0.3, -0.25) is 19.1 Å². The molecule has 25 heavy (non-hydrogen) atoms. The van der Waals surface area contributed by atoms with E-state index in [9.17, 15) is 14.4 Å². The van der Waals surface area contributed by atoms with Gasteiger partial charge in [0.1, 0.15) is 11.5 Å². The SMILES string of the molecule is CNC(=O)c1c(NC(=O)Cn2cc(C=O)c(C)n2)sc2c1CCCC2. The van der Waals surface area contributed by atoms with E-state index in [-0.39, 0.29) is 18.4 Å². The molecule has 2 amide bonds. The van der Waals surface area contributed by atoms with Gasteiger partial charge in [0.15, 0.2) is 6.29 Å². The third kappa shape index (κ3) is 3.48. The van der Waals surface area contributed by atoms with Gasteiger partial charge in [-0.2, -0.15) is 5.10 Å². The molecule has 0 spiro atoms. The first kappa shape index (κ1) is 17.3. The first-order valence-corrected chi connectivity index (χ1v) is 9.00. The summed E-state index contributed by atoms with van der Waals surface area (Å²) in [7, 11) is 1.59. The highest BCUT2D eigenvalue weighted by Gasteiger charge is 2.25. The minimum absolute atomic E-state index is 0.00949. The van der Waals surface area contributed by atoms with Crippen molar-refractivity contribution >= 4 is 34.4 Å². The number of anilines is 1. The number of fused-ring (bicyclic) bond motifs is 1. The average molecular weight is 360 g/mol. The van der Waals surface area contributed by atoms with E-state index in [4.69, 9.17) is 0 Å². The maximum absolute atomic E-state index is 12.4. The maximum Gasteiger partial charge on any atom is 0.254 e. The molecule has 0 aromatic carbocycles. The van der Waals surface area contributed by atoms with Crippen molar-refractivity contribution in [2.24, 2.45) is 0 Å². The molecule has 2 aromatic heterocycles. The molecule has 132 valence electrons. The highest BCUT2D eigenvalue weighted by Crippen LogP contribution is 2.38. The summed E-state index contributed by atoms with van der Waals surface area (Å²) in [6, 6.07) is 0. The van der Waals surface area contributed by atoms with Crippen LogP contribution in [0.2, 0.25) is 0 Å². The number of carbonyl (C=O) groups excluding carboxylic acids is 3. The number of carbonyl (C=O) groups is 3. The van der Waals surface area contributed by atoms with E-state index >= 15 is 0 Å². The first-order valence-electron chi connectivity index (χ1n) is 8.19. The summed E-state index contributed by atoms with van der Waals surface area (Å²) in [6.45, 7) is 1.71. The summed E-state index contributed by atoms with van der Waals surface area (Å²) in [4.78, 5) is 36.7. The number of aldehydes is 1. The van der Waals surface area contributed by atoms with Crippen molar-refractivity contribution < 1.29 is 14.4 Å². The molecule has 0 saturated carbocycles. The van der Waals surface area contributed by atoms with E-state index in [1.807, 2.05) is 0 Å². The van der Waals surface area contributed by atoms with Crippen LogP contribution in [0.3, 0.4) is 0 Å². The van der Waals surface area contributed by atoms with Crippen molar-refractivity contribution in [1.82, 2.24) is 15.1 Å². The second-order valence-corrected chi connectivity index (χ2v) is 7.13. The van der Waals surface area contributed by atoms with Crippen LogP contribution in [0.15, 0.2) is 6.20 Å². The first-order chi connectivity index (χ1) is 12.0. The van der Waals surface area contributed by atoms with Crippen molar-refractivity contribution in [2.45, 2.75) is 39.2 Å². The number of aryl methyl sites for hydroxylation is 2. The monoisotopic (exact) mass is 360 g/mol. The van der Waals surface area contributed by atoms with Crippen LogP contribution in [-0.2, 0) is 24.2 Å². The predicted molar refractivity (Wildman–Crippen MR) is 95.3 cm³/mol. The van der Waals surface area contributed by atoms with Crippen molar-refractivity contribution in [1.29, 1.82) is 0 Å². The molecule has 0 fully saturated rings. The quantitative estimate of drug-likeness (QED) is 0.797. The molecule has 8 heteroatoms. The molecule has 2 aromatic rings. The number of nitrogens with one attached hydrogen (secondary N) is 2. The van der Waals surface area contributed by atoms with E-state index in [2.05, 4.69) is 15.7 Å². The van der Waals surface area contributed by atoms with Crippen LogP contribution in [0.1, 0.15) is 49.7 Å². The van der Waals surface area contributed by atoms with Crippen molar-refractivity contribution in [3.63, 3.8) is 0 Å². The Morgan fingerprint density at radius 3 is 2.80 bits per heavy atom. The van der Waals surface area contributed by atoms with Gasteiger partial charge in [-0.25, -0.2) is 0 Å². The zero-order chi connectivity index (χ0) is 18.0. The summed E-state index contributed by atoms with van der Waals surface area (Å²) in [5.74, 6) is -0.448. The van der Waals surface area contributed by atoms with Crippen molar-refractivity contribution in [2.75, 3.05) is 12.4 Å². The second-order valence-electron chi connectivity index (χ2n) is 6.03. The highest BCUT2D eigenvalue weighted by atomic mass is 32.1. The number of rotatable bonds is 5. The summed E-state index contributed by atoms with van der Waals surface area (Å²) in [5, 5.41) is 10.3. The fourth-order valence-electron chi connectivity index (χ4n) is 3.06. The average Bonchev–Trinajstić information content (AvgIpc) is 3.13. The maximum atomic E-state index is 12.4. The summed E-state index contributed by atoms with van der Waals surface area (Å²) >= 11 is 1.48. The van der Waals surface area contributed by atoms with Gasteiger partial charge in [-0.15, -0.1) is 11.3 Å². The topological polar surface area (TPSA) is 93.1 Å². The fraction of sp³-hybridized carbons (Fsp3) is 0.412. The Kier molecular flexibility index (Phi) is 4.98. The van der Waals surface area contributed by atoms with Crippen LogP contribution in [0.5, 0.6) is 0 Å². The van der Waals surface area contributed by atoms with Crippen LogP contribution in [0.25, 0.3) is 0 Å². The van der Waals surface area contributed by atoms with E-state index in [0.29, 0.717) is 28.1 Å². The molecule has 0 saturated heterocycles.